The number of rotatable bonds is 5. The number of aryl methyl sites for hydroxylation is 1. The average molecular weight is 364 g/mol. The molecule has 2 aromatic carbocycles. The number of nitrogens with one attached hydrogen (secondary N) is 2. The third-order valence-corrected chi connectivity index (χ3v) is 4.02. The van der Waals surface area contributed by atoms with Crippen LogP contribution in [0.1, 0.15) is 41.6 Å². The maximum atomic E-state index is 13.0. The zero-order valence-corrected chi connectivity index (χ0v) is 15.5. The molecule has 6 heteroatoms. The molecule has 0 bridgehead atoms. The highest BCUT2D eigenvalue weighted by molar-refractivity contribution is 6.03. The summed E-state index contributed by atoms with van der Waals surface area (Å²) in [5, 5.41) is 5.99. The zero-order valence-electron chi connectivity index (χ0n) is 15.5. The molecule has 0 aliphatic heterocycles. The molecular formula is C21H21FN4O. The van der Waals surface area contributed by atoms with E-state index in [1.165, 1.54) is 12.1 Å². The molecule has 0 spiro atoms. The first kappa shape index (κ1) is 18.5. The molecule has 0 fully saturated rings. The Labute approximate surface area is 157 Å². The van der Waals surface area contributed by atoms with Crippen molar-refractivity contribution < 1.29 is 9.18 Å². The van der Waals surface area contributed by atoms with E-state index in [0.717, 1.165) is 11.3 Å². The van der Waals surface area contributed by atoms with Gasteiger partial charge in [0.05, 0.1) is 0 Å². The van der Waals surface area contributed by atoms with Crippen LogP contribution in [0.3, 0.4) is 0 Å². The number of hydrogen-bond donors (Lipinski definition) is 2. The van der Waals surface area contributed by atoms with Gasteiger partial charge in [0.15, 0.2) is 0 Å². The highest BCUT2D eigenvalue weighted by Gasteiger charge is 2.14. The predicted octanol–water partition coefficient (Wildman–Crippen LogP) is 5.04. The largest absolute Gasteiger partial charge is 0.340 e. The molecule has 1 amide bonds. The van der Waals surface area contributed by atoms with Gasteiger partial charge in [-0.15, -0.1) is 0 Å². The Balaban J connectivity index is 1.83. The van der Waals surface area contributed by atoms with Gasteiger partial charge in [0.25, 0.3) is 5.91 Å². The molecule has 3 rings (SSSR count). The quantitative estimate of drug-likeness (QED) is 0.665. The first-order valence-corrected chi connectivity index (χ1v) is 8.71. The van der Waals surface area contributed by atoms with Crippen molar-refractivity contribution in [3.63, 3.8) is 0 Å². The van der Waals surface area contributed by atoms with Gasteiger partial charge < -0.3 is 10.6 Å². The Morgan fingerprint density at radius 3 is 2.44 bits per heavy atom. The van der Waals surface area contributed by atoms with E-state index < -0.39 is 0 Å². The fourth-order valence-electron chi connectivity index (χ4n) is 2.73. The minimum absolute atomic E-state index is 0.255. The zero-order chi connectivity index (χ0) is 19.4. The van der Waals surface area contributed by atoms with Gasteiger partial charge in [-0.2, -0.15) is 0 Å². The Bertz CT molecular complexity index is 955. The molecule has 2 N–H and O–H groups in total. The second kappa shape index (κ2) is 7.95. The van der Waals surface area contributed by atoms with E-state index in [9.17, 15) is 9.18 Å². The third-order valence-electron chi connectivity index (χ3n) is 4.02. The number of aromatic nitrogens is 2. The lowest BCUT2D eigenvalue weighted by Gasteiger charge is -2.14. The molecule has 5 nitrogen and oxygen atoms in total. The fourth-order valence-corrected chi connectivity index (χ4v) is 2.73. The van der Waals surface area contributed by atoms with E-state index in [1.54, 1.807) is 25.1 Å². The normalized spacial score (nSPS) is 10.7. The number of anilines is 3. The lowest BCUT2D eigenvalue weighted by atomic mass is 10.0. The van der Waals surface area contributed by atoms with E-state index in [0.29, 0.717) is 17.3 Å². The molecular weight excluding hydrogens is 343 g/mol. The minimum atomic E-state index is -0.316. The Kier molecular flexibility index (Phi) is 5.45. The summed E-state index contributed by atoms with van der Waals surface area (Å²) in [6.45, 7) is 5.86. The number of halogens is 1. The number of para-hydroxylation sites is 1. The summed E-state index contributed by atoms with van der Waals surface area (Å²) in [6, 6.07) is 15.2. The first-order chi connectivity index (χ1) is 12.9. The summed E-state index contributed by atoms with van der Waals surface area (Å²) in [5.74, 6) is 0.587. The molecule has 3 aromatic rings. The van der Waals surface area contributed by atoms with E-state index in [4.69, 9.17) is 0 Å². The maximum absolute atomic E-state index is 13.0. The van der Waals surface area contributed by atoms with E-state index >= 15 is 0 Å². The van der Waals surface area contributed by atoms with Crippen LogP contribution < -0.4 is 10.6 Å². The topological polar surface area (TPSA) is 66.9 Å². The first-order valence-electron chi connectivity index (χ1n) is 8.71. The molecule has 0 atom stereocenters. The van der Waals surface area contributed by atoms with E-state index in [-0.39, 0.29) is 23.3 Å². The molecule has 27 heavy (non-hydrogen) atoms. The second-order valence-electron chi connectivity index (χ2n) is 6.51. The van der Waals surface area contributed by atoms with Crippen molar-refractivity contribution in [1.82, 2.24) is 9.97 Å². The summed E-state index contributed by atoms with van der Waals surface area (Å²) in [7, 11) is 0. The predicted molar refractivity (Wildman–Crippen MR) is 105 cm³/mol. The number of amides is 1. The number of benzene rings is 2. The Morgan fingerprint density at radius 2 is 1.74 bits per heavy atom. The van der Waals surface area contributed by atoms with Crippen molar-refractivity contribution >= 4 is 23.1 Å². The molecule has 0 saturated carbocycles. The van der Waals surface area contributed by atoms with Gasteiger partial charge in [-0.1, -0.05) is 32.0 Å². The summed E-state index contributed by atoms with van der Waals surface area (Å²) in [4.78, 5) is 21.2. The Morgan fingerprint density at radius 1 is 1.04 bits per heavy atom. The number of carbonyl (C=O) groups is 1. The lowest BCUT2D eigenvalue weighted by Crippen LogP contribution is -2.16. The van der Waals surface area contributed by atoms with Gasteiger partial charge in [-0.05, 0) is 48.7 Å². The molecule has 0 aliphatic rings. The minimum Gasteiger partial charge on any atom is -0.340 e. The van der Waals surface area contributed by atoms with Crippen molar-refractivity contribution in [3.8, 4) is 0 Å². The summed E-state index contributed by atoms with van der Waals surface area (Å²) in [5.41, 5.74) is 2.75. The molecule has 0 aliphatic carbocycles. The van der Waals surface area contributed by atoms with Gasteiger partial charge in [0.2, 0.25) is 0 Å². The van der Waals surface area contributed by atoms with Gasteiger partial charge in [-0.3, -0.25) is 4.79 Å². The van der Waals surface area contributed by atoms with Crippen LogP contribution in [0.2, 0.25) is 0 Å². The Hall–Kier alpha value is -3.28. The van der Waals surface area contributed by atoms with E-state index in [1.807, 2.05) is 24.3 Å². The molecule has 0 unspecified atom stereocenters. The van der Waals surface area contributed by atoms with Crippen molar-refractivity contribution in [2.24, 2.45) is 0 Å². The molecule has 1 aromatic heterocycles. The molecule has 0 radical (unpaired) electrons. The van der Waals surface area contributed by atoms with E-state index in [2.05, 4.69) is 34.4 Å². The van der Waals surface area contributed by atoms with Crippen LogP contribution in [0, 0.1) is 12.7 Å². The maximum Gasteiger partial charge on any atom is 0.274 e. The van der Waals surface area contributed by atoms with Crippen molar-refractivity contribution in [1.29, 1.82) is 0 Å². The SMILES string of the molecule is Cc1nc(Nc2ccc(F)cc2)cc(C(=O)Nc2ccccc2C(C)C)n1. The summed E-state index contributed by atoms with van der Waals surface area (Å²) >= 11 is 0. The number of carbonyl (C=O) groups excluding carboxylic acids is 1. The van der Waals surface area contributed by atoms with Gasteiger partial charge in [0.1, 0.15) is 23.2 Å². The fraction of sp³-hybridized carbons (Fsp3) is 0.190. The molecule has 0 saturated heterocycles. The smallest absolute Gasteiger partial charge is 0.274 e. The highest BCUT2D eigenvalue weighted by Crippen LogP contribution is 2.24. The summed E-state index contributed by atoms with van der Waals surface area (Å²) in [6.07, 6.45) is 0. The van der Waals surface area contributed by atoms with Crippen LogP contribution in [0.25, 0.3) is 0 Å². The van der Waals surface area contributed by atoms with Crippen LogP contribution in [-0.4, -0.2) is 15.9 Å². The van der Waals surface area contributed by atoms with Crippen LogP contribution in [0.4, 0.5) is 21.6 Å². The van der Waals surface area contributed by atoms with Crippen LogP contribution in [0.15, 0.2) is 54.6 Å². The molecule has 1 heterocycles. The highest BCUT2D eigenvalue weighted by atomic mass is 19.1. The van der Waals surface area contributed by atoms with Gasteiger partial charge in [-0.25, -0.2) is 14.4 Å². The van der Waals surface area contributed by atoms with Crippen molar-refractivity contribution in [3.05, 3.63) is 77.5 Å². The van der Waals surface area contributed by atoms with Crippen molar-refractivity contribution in [2.45, 2.75) is 26.7 Å². The second-order valence-corrected chi connectivity index (χ2v) is 6.51. The molecule has 138 valence electrons. The average Bonchev–Trinajstić information content (AvgIpc) is 2.63. The van der Waals surface area contributed by atoms with Gasteiger partial charge >= 0.3 is 0 Å². The monoisotopic (exact) mass is 364 g/mol. The number of hydrogen-bond acceptors (Lipinski definition) is 4. The standard InChI is InChI=1S/C21H21FN4O/c1-13(2)17-6-4-5-7-18(17)26-21(27)19-12-20(24-14(3)23-19)25-16-10-8-15(22)9-11-16/h4-13H,1-3H3,(H,26,27)(H,23,24,25). The lowest BCUT2D eigenvalue weighted by molar-refractivity contribution is 0.102. The van der Waals surface area contributed by atoms with Gasteiger partial charge in [0, 0.05) is 17.4 Å². The van der Waals surface area contributed by atoms with Crippen LogP contribution >= 0.6 is 0 Å². The number of nitrogens with zero attached hydrogens (tertiary/aromatic N) is 2. The third kappa shape index (κ3) is 4.67. The summed E-state index contributed by atoms with van der Waals surface area (Å²) < 4.78 is 13.0. The van der Waals surface area contributed by atoms with Crippen molar-refractivity contribution in [2.75, 3.05) is 10.6 Å². The van der Waals surface area contributed by atoms with Crippen LogP contribution in [-0.2, 0) is 0 Å². The van der Waals surface area contributed by atoms with Crippen LogP contribution in [0.5, 0.6) is 0 Å².